The van der Waals surface area contributed by atoms with E-state index in [4.69, 9.17) is 9.47 Å². The minimum Gasteiger partial charge on any atom is -0.507 e. The summed E-state index contributed by atoms with van der Waals surface area (Å²) in [5.74, 6) is -0.00417. The van der Waals surface area contributed by atoms with E-state index in [2.05, 4.69) is 6.92 Å². The molecule has 1 rings (SSSR count). The van der Waals surface area contributed by atoms with Crippen LogP contribution in [0.2, 0.25) is 0 Å². The van der Waals surface area contributed by atoms with Gasteiger partial charge in [0, 0.05) is 6.07 Å². The van der Waals surface area contributed by atoms with E-state index in [0.717, 1.165) is 31.2 Å². The number of ether oxygens (including phenoxy) is 2. The van der Waals surface area contributed by atoms with Crippen LogP contribution in [0, 0.1) is 0 Å². The maximum absolute atomic E-state index is 11.9. The van der Waals surface area contributed by atoms with E-state index in [1.807, 2.05) is 0 Å². The van der Waals surface area contributed by atoms with Gasteiger partial charge in [-0.15, -0.1) is 0 Å². The molecule has 0 atom stereocenters. The average molecular weight is 266 g/mol. The van der Waals surface area contributed by atoms with Gasteiger partial charge in [0.1, 0.15) is 17.1 Å². The molecule has 0 saturated heterocycles. The molecular weight excluding hydrogens is 244 g/mol. The number of rotatable bonds is 7. The maximum atomic E-state index is 11.9. The van der Waals surface area contributed by atoms with Crippen LogP contribution in [0.1, 0.15) is 49.0 Å². The van der Waals surface area contributed by atoms with E-state index in [1.165, 1.54) is 13.2 Å². The second-order valence-corrected chi connectivity index (χ2v) is 4.36. The van der Waals surface area contributed by atoms with Crippen molar-refractivity contribution in [2.24, 2.45) is 0 Å². The Labute approximate surface area is 114 Å². The van der Waals surface area contributed by atoms with Crippen molar-refractivity contribution < 1.29 is 19.4 Å². The molecule has 0 spiro atoms. The molecule has 0 aromatic heterocycles. The van der Waals surface area contributed by atoms with Gasteiger partial charge in [-0.25, -0.2) is 4.79 Å². The molecule has 0 fully saturated rings. The molecule has 0 aliphatic rings. The lowest BCUT2D eigenvalue weighted by molar-refractivity contribution is 0.0521. The highest BCUT2D eigenvalue weighted by Gasteiger charge is 2.19. The lowest BCUT2D eigenvalue weighted by Gasteiger charge is -2.12. The summed E-state index contributed by atoms with van der Waals surface area (Å²) in [5, 5.41) is 9.98. The molecule has 0 aliphatic carbocycles. The van der Waals surface area contributed by atoms with Crippen molar-refractivity contribution in [2.45, 2.75) is 39.5 Å². The fourth-order valence-electron chi connectivity index (χ4n) is 1.98. The van der Waals surface area contributed by atoms with Gasteiger partial charge in [-0.05, 0) is 31.4 Å². The second-order valence-electron chi connectivity index (χ2n) is 4.36. The van der Waals surface area contributed by atoms with Crippen molar-refractivity contribution in [3.63, 3.8) is 0 Å². The Hall–Kier alpha value is -1.71. The van der Waals surface area contributed by atoms with Crippen LogP contribution in [0.3, 0.4) is 0 Å². The van der Waals surface area contributed by atoms with Crippen molar-refractivity contribution in [1.29, 1.82) is 0 Å². The molecule has 0 aliphatic heterocycles. The number of hydrogen-bond donors (Lipinski definition) is 1. The molecule has 1 aromatic carbocycles. The molecule has 0 saturated carbocycles. The van der Waals surface area contributed by atoms with Gasteiger partial charge >= 0.3 is 5.97 Å². The van der Waals surface area contributed by atoms with Gasteiger partial charge in [0.05, 0.1) is 13.7 Å². The Morgan fingerprint density at radius 1 is 1.26 bits per heavy atom. The van der Waals surface area contributed by atoms with Crippen LogP contribution in [0.5, 0.6) is 11.5 Å². The van der Waals surface area contributed by atoms with Gasteiger partial charge in [-0.1, -0.05) is 19.8 Å². The number of methoxy groups -OCH3 is 1. The molecule has 0 heterocycles. The zero-order valence-corrected chi connectivity index (χ0v) is 11.9. The first-order valence-corrected chi connectivity index (χ1v) is 6.71. The molecular formula is C15H22O4. The zero-order chi connectivity index (χ0) is 14.3. The lowest BCUT2D eigenvalue weighted by Crippen LogP contribution is -2.09. The topological polar surface area (TPSA) is 55.8 Å². The van der Waals surface area contributed by atoms with E-state index < -0.39 is 5.97 Å². The molecule has 1 aromatic rings. The monoisotopic (exact) mass is 266 g/mol. The summed E-state index contributed by atoms with van der Waals surface area (Å²) < 4.78 is 10.1. The van der Waals surface area contributed by atoms with Crippen LogP contribution in [0.25, 0.3) is 0 Å². The van der Waals surface area contributed by atoms with Gasteiger partial charge in [-0.2, -0.15) is 0 Å². The highest BCUT2D eigenvalue weighted by molar-refractivity contribution is 5.94. The Balaban J connectivity index is 3.06. The fraction of sp³-hybridized carbons (Fsp3) is 0.533. The Morgan fingerprint density at radius 3 is 2.58 bits per heavy atom. The zero-order valence-electron chi connectivity index (χ0n) is 11.9. The number of aryl methyl sites for hydroxylation is 1. The Bertz CT molecular complexity index is 426. The summed E-state index contributed by atoms with van der Waals surface area (Å²) in [6.07, 6.45) is 3.88. The molecule has 0 unspecified atom stereocenters. The third-order valence-corrected chi connectivity index (χ3v) is 2.94. The molecule has 0 amide bonds. The minimum atomic E-state index is -0.478. The molecule has 4 nitrogen and oxygen atoms in total. The van der Waals surface area contributed by atoms with Crippen molar-refractivity contribution in [2.75, 3.05) is 13.7 Å². The largest absolute Gasteiger partial charge is 0.507 e. The van der Waals surface area contributed by atoms with Crippen LogP contribution in [0.4, 0.5) is 0 Å². The van der Waals surface area contributed by atoms with Crippen LogP contribution in [-0.4, -0.2) is 24.8 Å². The Kier molecular flexibility index (Phi) is 6.19. The molecule has 19 heavy (non-hydrogen) atoms. The molecule has 0 bridgehead atoms. The summed E-state index contributed by atoms with van der Waals surface area (Å²) in [6.45, 7) is 4.16. The molecule has 0 radical (unpaired) electrons. The summed E-state index contributed by atoms with van der Waals surface area (Å²) in [6, 6.07) is 3.23. The number of esters is 1. The van der Waals surface area contributed by atoms with Crippen LogP contribution >= 0.6 is 0 Å². The van der Waals surface area contributed by atoms with Gasteiger partial charge in [0.15, 0.2) is 0 Å². The number of carbonyl (C=O) groups excluding carboxylic acids is 1. The van der Waals surface area contributed by atoms with E-state index in [0.29, 0.717) is 12.4 Å². The molecule has 4 heteroatoms. The summed E-state index contributed by atoms with van der Waals surface area (Å²) in [5.41, 5.74) is 1.04. The van der Waals surface area contributed by atoms with Gasteiger partial charge < -0.3 is 14.6 Å². The average Bonchev–Trinajstić information content (AvgIpc) is 2.38. The van der Waals surface area contributed by atoms with Crippen LogP contribution < -0.4 is 4.74 Å². The first-order chi connectivity index (χ1) is 9.13. The number of phenols is 1. The molecule has 106 valence electrons. The molecule has 1 N–H and O–H groups in total. The maximum Gasteiger partial charge on any atom is 0.342 e. The normalized spacial score (nSPS) is 10.3. The standard InChI is InChI=1S/C15H22O4/c1-4-6-7-8-11-9-12(18-3)10-13(16)14(11)15(17)19-5-2/h9-10,16H,4-8H2,1-3H3. The van der Waals surface area contributed by atoms with Crippen molar-refractivity contribution in [3.05, 3.63) is 23.3 Å². The van der Waals surface area contributed by atoms with E-state index >= 15 is 0 Å². The third kappa shape index (κ3) is 4.16. The van der Waals surface area contributed by atoms with Crippen molar-refractivity contribution >= 4 is 5.97 Å². The third-order valence-electron chi connectivity index (χ3n) is 2.94. The second kappa shape index (κ2) is 7.67. The fourth-order valence-corrected chi connectivity index (χ4v) is 1.98. The highest BCUT2D eigenvalue weighted by atomic mass is 16.5. The number of aromatic hydroxyl groups is 1. The number of unbranched alkanes of at least 4 members (excludes halogenated alkanes) is 2. The quantitative estimate of drug-likeness (QED) is 0.607. The van der Waals surface area contributed by atoms with Gasteiger partial charge in [-0.3, -0.25) is 0 Å². The van der Waals surface area contributed by atoms with Crippen molar-refractivity contribution in [1.82, 2.24) is 0 Å². The van der Waals surface area contributed by atoms with Gasteiger partial charge in [0.25, 0.3) is 0 Å². The van der Waals surface area contributed by atoms with E-state index in [1.54, 1.807) is 13.0 Å². The predicted octanol–water partition coefficient (Wildman–Crippen LogP) is 3.31. The first-order valence-electron chi connectivity index (χ1n) is 6.71. The lowest BCUT2D eigenvalue weighted by atomic mass is 10.00. The highest BCUT2D eigenvalue weighted by Crippen LogP contribution is 2.29. The minimum absolute atomic E-state index is 0.0794. The number of hydrogen-bond acceptors (Lipinski definition) is 4. The van der Waals surface area contributed by atoms with Crippen LogP contribution in [-0.2, 0) is 11.2 Å². The summed E-state index contributed by atoms with van der Waals surface area (Å²) in [7, 11) is 1.54. The first kappa shape index (κ1) is 15.3. The van der Waals surface area contributed by atoms with Gasteiger partial charge in [0.2, 0.25) is 0 Å². The number of benzene rings is 1. The van der Waals surface area contributed by atoms with Crippen LogP contribution in [0.15, 0.2) is 12.1 Å². The van der Waals surface area contributed by atoms with Crippen molar-refractivity contribution in [3.8, 4) is 11.5 Å². The predicted molar refractivity (Wildman–Crippen MR) is 73.8 cm³/mol. The smallest absolute Gasteiger partial charge is 0.342 e. The van der Waals surface area contributed by atoms with E-state index in [9.17, 15) is 9.90 Å². The summed E-state index contributed by atoms with van der Waals surface area (Å²) >= 11 is 0. The Morgan fingerprint density at radius 2 is 2.00 bits per heavy atom. The number of phenolic OH excluding ortho intramolecular Hbond substituents is 1. The summed E-state index contributed by atoms with van der Waals surface area (Å²) in [4.78, 5) is 11.9. The SMILES string of the molecule is CCCCCc1cc(OC)cc(O)c1C(=O)OCC. The van der Waals surface area contributed by atoms with E-state index in [-0.39, 0.29) is 11.3 Å². The number of carbonyl (C=O) groups is 1.